The fraction of sp³-hybridized carbons (Fsp3) is 0.158. The third-order valence-corrected chi connectivity index (χ3v) is 3.92. The van der Waals surface area contributed by atoms with Gasteiger partial charge in [-0.1, -0.05) is 35.4 Å². The lowest BCUT2D eigenvalue weighted by molar-refractivity contribution is 0.0847. The van der Waals surface area contributed by atoms with Crippen molar-refractivity contribution < 1.29 is 9.59 Å². The molecule has 3 aromatic rings. The van der Waals surface area contributed by atoms with Crippen molar-refractivity contribution in [2.45, 2.75) is 13.8 Å². The zero-order chi connectivity index (χ0) is 17.3. The van der Waals surface area contributed by atoms with Crippen LogP contribution < -0.4 is 10.9 Å². The number of hydrogen-bond acceptors (Lipinski definition) is 2. The van der Waals surface area contributed by atoms with E-state index < -0.39 is 0 Å². The Kier molecular flexibility index (Phi) is 4.08. The Bertz CT molecular complexity index is 921. The fourth-order valence-corrected chi connectivity index (χ4v) is 2.88. The monoisotopic (exact) mass is 321 g/mol. The van der Waals surface area contributed by atoms with Gasteiger partial charge in [0, 0.05) is 29.7 Å². The van der Waals surface area contributed by atoms with Crippen LogP contribution >= 0.6 is 0 Å². The molecule has 0 aliphatic rings. The molecule has 0 saturated heterocycles. The SMILES string of the molecule is Cc1cc(C)cc(C(=O)NNC(=O)c2cn(C)c3ccccc23)c1. The van der Waals surface area contributed by atoms with Gasteiger partial charge in [0.05, 0.1) is 5.56 Å². The molecule has 0 saturated carbocycles. The average molecular weight is 321 g/mol. The maximum Gasteiger partial charge on any atom is 0.271 e. The van der Waals surface area contributed by atoms with E-state index in [1.807, 2.05) is 55.8 Å². The Morgan fingerprint density at radius 3 is 2.25 bits per heavy atom. The number of benzene rings is 2. The molecule has 0 bridgehead atoms. The maximum atomic E-state index is 12.4. The minimum absolute atomic E-state index is 0.338. The third-order valence-electron chi connectivity index (χ3n) is 3.92. The standard InChI is InChI=1S/C19H19N3O2/c1-12-8-13(2)10-14(9-12)18(23)20-21-19(24)16-11-22(3)17-7-5-4-6-15(16)17/h4-11H,1-3H3,(H,20,23)(H,21,24). The van der Waals surface area contributed by atoms with Gasteiger partial charge in [-0.15, -0.1) is 0 Å². The summed E-state index contributed by atoms with van der Waals surface area (Å²) in [5.41, 5.74) is 8.97. The quantitative estimate of drug-likeness (QED) is 0.713. The first-order valence-electron chi connectivity index (χ1n) is 7.69. The molecule has 0 atom stereocenters. The highest BCUT2D eigenvalue weighted by molar-refractivity contribution is 6.08. The number of para-hydroxylation sites is 1. The number of carbonyl (C=O) groups excluding carboxylic acids is 2. The Morgan fingerprint density at radius 2 is 1.54 bits per heavy atom. The van der Waals surface area contributed by atoms with Crippen LogP contribution in [0.15, 0.2) is 48.7 Å². The predicted molar refractivity (Wildman–Crippen MR) is 93.8 cm³/mol. The summed E-state index contributed by atoms with van der Waals surface area (Å²) in [5, 5.41) is 0.846. The molecule has 2 N–H and O–H groups in total. The summed E-state index contributed by atoms with van der Waals surface area (Å²) in [4.78, 5) is 24.6. The number of hydrazine groups is 1. The van der Waals surface area contributed by atoms with Gasteiger partial charge in [-0.05, 0) is 32.0 Å². The van der Waals surface area contributed by atoms with Crippen molar-refractivity contribution in [3.8, 4) is 0 Å². The smallest absolute Gasteiger partial charge is 0.271 e. The second-order valence-electron chi connectivity index (χ2n) is 5.96. The summed E-state index contributed by atoms with van der Waals surface area (Å²) in [6.45, 7) is 3.86. The minimum atomic E-state index is -0.343. The Balaban J connectivity index is 1.76. The number of amides is 2. The summed E-state index contributed by atoms with van der Waals surface area (Å²) < 4.78 is 1.88. The lowest BCUT2D eigenvalue weighted by Crippen LogP contribution is -2.41. The van der Waals surface area contributed by atoms with Crippen molar-refractivity contribution in [1.82, 2.24) is 15.4 Å². The van der Waals surface area contributed by atoms with Crippen LogP contribution in [0.3, 0.4) is 0 Å². The van der Waals surface area contributed by atoms with Crippen molar-refractivity contribution >= 4 is 22.7 Å². The van der Waals surface area contributed by atoms with E-state index in [-0.39, 0.29) is 11.8 Å². The van der Waals surface area contributed by atoms with Crippen LogP contribution in [0.5, 0.6) is 0 Å². The van der Waals surface area contributed by atoms with Gasteiger partial charge in [-0.3, -0.25) is 20.4 Å². The van der Waals surface area contributed by atoms with Gasteiger partial charge in [-0.25, -0.2) is 0 Å². The molecule has 0 radical (unpaired) electrons. The molecule has 2 aromatic carbocycles. The Labute approximate surface area is 140 Å². The first kappa shape index (κ1) is 15.8. The van der Waals surface area contributed by atoms with Crippen molar-refractivity contribution in [3.05, 3.63) is 70.9 Å². The number of rotatable bonds is 2. The molecule has 1 heterocycles. The highest BCUT2D eigenvalue weighted by Crippen LogP contribution is 2.19. The number of fused-ring (bicyclic) bond motifs is 1. The number of aromatic nitrogens is 1. The van der Waals surface area contributed by atoms with Gasteiger partial charge in [0.25, 0.3) is 11.8 Å². The van der Waals surface area contributed by atoms with Gasteiger partial charge < -0.3 is 4.57 Å². The lowest BCUT2D eigenvalue weighted by Gasteiger charge is -2.08. The van der Waals surface area contributed by atoms with Crippen molar-refractivity contribution in [2.75, 3.05) is 0 Å². The number of nitrogens with one attached hydrogen (secondary N) is 2. The van der Waals surface area contributed by atoms with E-state index in [1.54, 1.807) is 18.3 Å². The molecule has 1 aromatic heterocycles. The number of carbonyl (C=O) groups is 2. The maximum absolute atomic E-state index is 12.4. The van der Waals surface area contributed by atoms with Crippen LogP contribution in [0.1, 0.15) is 31.8 Å². The van der Waals surface area contributed by atoms with E-state index in [2.05, 4.69) is 10.9 Å². The van der Waals surface area contributed by atoms with Crippen LogP contribution in [-0.2, 0) is 7.05 Å². The van der Waals surface area contributed by atoms with E-state index >= 15 is 0 Å². The first-order chi connectivity index (χ1) is 11.5. The first-order valence-corrected chi connectivity index (χ1v) is 7.69. The molecule has 122 valence electrons. The highest BCUT2D eigenvalue weighted by atomic mass is 16.2. The van der Waals surface area contributed by atoms with Crippen molar-refractivity contribution in [2.24, 2.45) is 7.05 Å². The second kappa shape index (κ2) is 6.20. The van der Waals surface area contributed by atoms with Gasteiger partial charge in [-0.2, -0.15) is 0 Å². The Morgan fingerprint density at radius 1 is 0.917 bits per heavy atom. The molecule has 24 heavy (non-hydrogen) atoms. The highest BCUT2D eigenvalue weighted by Gasteiger charge is 2.14. The van der Waals surface area contributed by atoms with Gasteiger partial charge in [0.15, 0.2) is 0 Å². The minimum Gasteiger partial charge on any atom is -0.350 e. The summed E-state index contributed by atoms with van der Waals surface area (Å²) in [6.07, 6.45) is 1.75. The molecule has 5 heteroatoms. The van der Waals surface area contributed by atoms with E-state index in [4.69, 9.17) is 0 Å². The molecule has 5 nitrogen and oxygen atoms in total. The summed E-state index contributed by atoms with van der Waals surface area (Å²) >= 11 is 0. The normalized spacial score (nSPS) is 10.6. The van der Waals surface area contributed by atoms with Crippen LogP contribution in [0.2, 0.25) is 0 Å². The van der Waals surface area contributed by atoms with Crippen molar-refractivity contribution in [3.63, 3.8) is 0 Å². The van der Waals surface area contributed by atoms with Gasteiger partial charge in [0.1, 0.15) is 0 Å². The molecule has 2 amide bonds. The van der Waals surface area contributed by atoms with Gasteiger partial charge >= 0.3 is 0 Å². The molecule has 0 aliphatic heterocycles. The molecular weight excluding hydrogens is 302 g/mol. The number of nitrogens with zero attached hydrogens (tertiary/aromatic N) is 1. The van der Waals surface area contributed by atoms with Crippen molar-refractivity contribution in [1.29, 1.82) is 0 Å². The predicted octanol–water partition coefficient (Wildman–Crippen LogP) is 2.87. The molecular formula is C19H19N3O2. The van der Waals surface area contributed by atoms with E-state index in [9.17, 15) is 9.59 Å². The third kappa shape index (κ3) is 3.01. The largest absolute Gasteiger partial charge is 0.350 e. The average Bonchev–Trinajstić information content (AvgIpc) is 2.89. The number of hydrogen-bond donors (Lipinski definition) is 2. The summed E-state index contributed by atoms with van der Waals surface area (Å²) in [5.74, 6) is -0.681. The van der Waals surface area contributed by atoms with E-state index in [0.717, 1.165) is 22.0 Å². The van der Waals surface area contributed by atoms with Crippen LogP contribution in [0, 0.1) is 13.8 Å². The Hall–Kier alpha value is -3.08. The molecule has 0 spiro atoms. The molecule has 0 unspecified atom stereocenters. The lowest BCUT2D eigenvalue weighted by atomic mass is 10.1. The zero-order valence-corrected chi connectivity index (χ0v) is 13.9. The topological polar surface area (TPSA) is 63.1 Å². The summed E-state index contributed by atoms with van der Waals surface area (Å²) in [6, 6.07) is 13.2. The molecule has 3 rings (SSSR count). The van der Waals surface area contributed by atoms with Crippen LogP contribution in [0.4, 0.5) is 0 Å². The number of aryl methyl sites for hydroxylation is 3. The summed E-state index contributed by atoms with van der Waals surface area (Å²) in [7, 11) is 1.88. The zero-order valence-electron chi connectivity index (χ0n) is 13.9. The van der Waals surface area contributed by atoms with E-state index in [1.165, 1.54) is 0 Å². The molecule has 0 aliphatic carbocycles. The second-order valence-corrected chi connectivity index (χ2v) is 5.96. The van der Waals surface area contributed by atoms with Crippen LogP contribution in [-0.4, -0.2) is 16.4 Å². The van der Waals surface area contributed by atoms with E-state index in [0.29, 0.717) is 11.1 Å². The van der Waals surface area contributed by atoms with Crippen LogP contribution in [0.25, 0.3) is 10.9 Å². The fourth-order valence-electron chi connectivity index (χ4n) is 2.88. The molecule has 0 fully saturated rings. The van der Waals surface area contributed by atoms with Gasteiger partial charge in [0.2, 0.25) is 0 Å².